The SMILES string of the molecule is Cl.FC(F)(F)c1cccc(C2CCCN(CC(Cc3nnc(-c4ccc(Cl)cn4)o3)C(F)(F)F)C2)c1. The molecule has 0 amide bonds. The van der Waals surface area contributed by atoms with E-state index in [2.05, 4.69) is 15.2 Å². The van der Waals surface area contributed by atoms with Crippen LogP contribution in [0.25, 0.3) is 11.6 Å². The summed E-state index contributed by atoms with van der Waals surface area (Å²) in [6.07, 6.45) is -6.98. The summed E-state index contributed by atoms with van der Waals surface area (Å²) in [5.74, 6) is -2.26. The molecule has 0 saturated carbocycles. The Kier molecular flexibility index (Phi) is 8.89. The highest BCUT2D eigenvalue weighted by atomic mass is 35.5. The Balaban J connectivity index is 0.00000361. The topological polar surface area (TPSA) is 55.1 Å². The summed E-state index contributed by atoms with van der Waals surface area (Å²) in [6.45, 7) is 0.333. The third kappa shape index (κ3) is 7.10. The van der Waals surface area contributed by atoms with Crippen molar-refractivity contribution in [3.8, 4) is 11.6 Å². The minimum atomic E-state index is -4.53. The third-order valence-electron chi connectivity index (χ3n) is 5.97. The number of piperidine rings is 1. The molecule has 13 heteroatoms. The average molecular weight is 555 g/mol. The molecule has 5 nitrogen and oxygen atoms in total. The maximum Gasteiger partial charge on any atom is 0.416 e. The largest absolute Gasteiger partial charge is 0.419 e. The van der Waals surface area contributed by atoms with E-state index in [1.807, 2.05) is 0 Å². The van der Waals surface area contributed by atoms with Crippen molar-refractivity contribution in [3.63, 3.8) is 0 Å². The molecule has 196 valence electrons. The van der Waals surface area contributed by atoms with E-state index >= 15 is 0 Å². The van der Waals surface area contributed by atoms with Crippen LogP contribution in [0.15, 0.2) is 47.0 Å². The van der Waals surface area contributed by atoms with Gasteiger partial charge in [-0.25, -0.2) is 4.98 Å². The van der Waals surface area contributed by atoms with Crippen LogP contribution in [0, 0.1) is 5.92 Å². The zero-order valence-electron chi connectivity index (χ0n) is 18.7. The molecule has 1 aliphatic rings. The standard InChI is InChI=1S/C23H21ClF6N4O.ClH/c24-18-6-7-19(31-11-18)21-33-32-20(35-21)10-17(23(28,29)30)13-34-8-2-4-15(12-34)14-3-1-5-16(9-14)22(25,26)27;/h1,3,5-7,9,11,15,17H,2,4,8,10,12-13H2;1H. The van der Waals surface area contributed by atoms with Crippen molar-refractivity contribution in [2.75, 3.05) is 19.6 Å². The van der Waals surface area contributed by atoms with E-state index in [1.165, 1.54) is 18.3 Å². The van der Waals surface area contributed by atoms with E-state index in [4.69, 9.17) is 16.0 Å². The van der Waals surface area contributed by atoms with Gasteiger partial charge in [0.2, 0.25) is 5.89 Å². The van der Waals surface area contributed by atoms with Gasteiger partial charge in [-0.2, -0.15) is 26.3 Å². The summed E-state index contributed by atoms with van der Waals surface area (Å²) in [7, 11) is 0. The molecule has 0 N–H and O–H groups in total. The second kappa shape index (κ2) is 11.4. The highest BCUT2D eigenvalue weighted by molar-refractivity contribution is 6.30. The molecule has 2 unspecified atom stereocenters. The number of pyridine rings is 1. The zero-order chi connectivity index (χ0) is 25.2. The zero-order valence-corrected chi connectivity index (χ0v) is 20.3. The van der Waals surface area contributed by atoms with Gasteiger partial charge in [-0.05, 0) is 49.1 Å². The Hall–Kier alpha value is -2.37. The fraction of sp³-hybridized carbons (Fsp3) is 0.435. The van der Waals surface area contributed by atoms with Gasteiger partial charge in [0.15, 0.2) is 0 Å². The van der Waals surface area contributed by atoms with Crippen molar-refractivity contribution >= 4 is 24.0 Å². The lowest BCUT2D eigenvalue weighted by Gasteiger charge is -2.35. The van der Waals surface area contributed by atoms with E-state index in [0.717, 1.165) is 12.1 Å². The van der Waals surface area contributed by atoms with Gasteiger partial charge >= 0.3 is 12.4 Å². The predicted molar refractivity (Wildman–Crippen MR) is 123 cm³/mol. The summed E-state index contributed by atoms with van der Waals surface area (Å²) in [6, 6.07) is 8.06. The Morgan fingerprint density at radius 1 is 1.08 bits per heavy atom. The van der Waals surface area contributed by atoms with Gasteiger partial charge in [-0.3, -0.25) is 0 Å². The quantitative estimate of drug-likeness (QED) is 0.313. The minimum absolute atomic E-state index is 0. The molecule has 0 spiro atoms. The number of hydrogen-bond acceptors (Lipinski definition) is 5. The number of rotatable bonds is 6. The number of alkyl halides is 6. The fourth-order valence-corrected chi connectivity index (χ4v) is 4.32. The molecule has 0 radical (unpaired) electrons. The van der Waals surface area contributed by atoms with Gasteiger partial charge < -0.3 is 9.32 Å². The Morgan fingerprint density at radius 3 is 2.53 bits per heavy atom. The van der Waals surface area contributed by atoms with Gasteiger partial charge in [-0.15, -0.1) is 22.6 Å². The highest BCUT2D eigenvalue weighted by Crippen LogP contribution is 2.35. The molecule has 0 bridgehead atoms. The van der Waals surface area contributed by atoms with Crippen LogP contribution in [0.5, 0.6) is 0 Å². The molecular weight excluding hydrogens is 533 g/mol. The molecule has 4 rings (SSSR count). The number of hydrogen-bond donors (Lipinski definition) is 0. The lowest BCUT2D eigenvalue weighted by molar-refractivity contribution is -0.180. The molecule has 36 heavy (non-hydrogen) atoms. The van der Waals surface area contributed by atoms with Crippen molar-refractivity contribution in [3.05, 3.63) is 64.6 Å². The van der Waals surface area contributed by atoms with Gasteiger partial charge in [0, 0.05) is 25.7 Å². The lowest BCUT2D eigenvalue weighted by atomic mass is 9.89. The first kappa shape index (κ1) is 28.2. The van der Waals surface area contributed by atoms with Gasteiger partial charge in [0.1, 0.15) is 5.69 Å². The van der Waals surface area contributed by atoms with Crippen LogP contribution in [-0.4, -0.2) is 45.9 Å². The van der Waals surface area contributed by atoms with Crippen LogP contribution in [0.2, 0.25) is 5.02 Å². The third-order valence-corrected chi connectivity index (χ3v) is 6.19. The van der Waals surface area contributed by atoms with Gasteiger partial charge in [0.05, 0.1) is 16.5 Å². The monoisotopic (exact) mass is 554 g/mol. The van der Waals surface area contributed by atoms with Gasteiger partial charge in [-0.1, -0.05) is 29.8 Å². The Labute approximate surface area is 214 Å². The van der Waals surface area contributed by atoms with Crippen molar-refractivity contribution in [1.82, 2.24) is 20.1 Å². The summed E-state index contributed by atoms with van der Waals surface area (Å²) in [5.41, 5.74) is 0.00410. The first-order valence-electron chi connectivity index (χ1n) is 10.9. The first-order chi connectivity index (χ1) is 16.5. The van der Waals surface area contributed by atoms with Crippen LogP contribution in [0.1, 0.15) is 35.8 Å². The number of nitrogens with zero attached hydrogens (tertiary/aromatic N) is 4. The molecule has 1 saturated heterocycles. The summed E-state index contributed by atoms with van der Waals surface area (Å²) in [5, 5.41) is 7.91. The smallest absolute Gasteiger partial charge is 0.416 e. The van der Waals surface area contributed by atoms with Crippen LogP contribution in [-0.2, 0) is 12.6 Å². The van der Waals surface area contributed by atoms with Crippen molar-refractivity contribution < 1.29 is 30.8 Å². The second-order valence-corrected chi connectivity index (χ2v) is 8.96. The van der Waals surface area contributed by atoms with Crippen LogP contribution < -0.4 is 0 Å². The lowest BCUT2D eigenvalue weighted by Crippen LogP contribution is -2.42. The second-order valence-electron chi connectivity index (χ2n) is 8.53. The van der Waals surface area contributed by atoms with E-state index in [0.29, 0.717) is 30.0 Å². The molecule has 3 heterocycles. The molecule has 1 aromatic carbocycles. The molecule has 0 aliphatic carbocycles. The number of benzene rings is 1. The average Bonchev–Trinajstić information content (AvgIpc) is 3.27. The molecule has 2 atom stereocenters. The Bertz CT molecular complexity index is 1140. The molecule has 1 fully saturated rings. The van der Waals surface area contributed by atoms with E-state index in [9.17, 15) is 26.3 Å². The molecule has 1 aliphatic heterocycles. The van der Waals surface area contributed by atoms with Crippen LogP contribution in [0.4, 0.5) is 26.3 Å². The van der Waals surface area contributed by atoms with Crippen LogP contribution >= 0.6 is 24.0 Å². The first-order valence-corrected chi connectivity index (χ1v) is 11.3. The van der Waals surface area contributed by atoms with Crippen molar-refractivity contribution in [2.45, 2.75) is 37.5 Å². The number of halogens is 8. The molecule has 3 aromatic rings. The van der Waals surface area contributed by atoms with Crippen molar-refractivity contribution in [1.29, 1.82) is 0 Å². The van der Waals surface area contributed by atoms with E-state index in [1.54, 1.807) is 17.0 Å². The summed E-state index contributed by atoms with van der Waals surface area (Å²) in [4.78, 5) is 5.66. The minimum Gasteiger partial charge on any atom is -0.419 e. The summed E-state index contributed by atoms with van der Waals surface area (Å²) >= 11 is 5.78. The maximum absolute atomic E-state index is 13.9. The summed E-state index contributed by atoms with van der Waals surface area (Å²) < 4.78 is 86.3. The molecule has 2 aromatic heterocycles. The normalized spacial score (nSPS) is 18.0. The predicted octanol–water partition coefficient (Wildman–Crippen LogP) is 6.83. The number of aromatic nitrogens is 3. The molecular formula is C23H22Cl2F6N4O. The van der Waals surface area contributed by atoms with Crippen LogP contribution in [0.3, 0.4) is 0 Å². The van der Waals surface area contributed by atoms with E-state index < -0.39 is 30.3 Å². The van der Waals surface area contributed by atoms with Crippen molar-refractivity contribution in [2.24, 2.45) is 5.92 Å². The highest BCUT2D eigenvalue weighted by Gasteiger charge is 2.42. The van der Waals surface area contributed by atoms with Gasteiger partial charge in [0.25, 0.3) is 5.89 Å². The van der Waals surface area contributed by atoms with E-state index in [-0.39, 0.29) is 48.9 Å². The Morgan fingerprint density at radius 2 is 1.86 bits per heavy atom. The fourth-order valence-electron chi connectivity index (χ4n) is 4.21. The number of likely N-dealkylation sites (tertiary alicyclic amines) is 1. The maximum atomic E-state index is 13.9.